The number of hydrogen-bond donors (Lipinski definition) is 1. The van der Waals surface area contributed by atoms with Crippen LogP contribution in [0.2, 0.25) is 0 Å². The van der Waals surface area contributed by atoms with Crippen molar-refractivity contribution in [2.45, 2.75) is 31.4 Å². The molecule has 33 heavy (non-hydrogen) atoms. The van der Waals surface area contributed by atoms with Crippen LogP contribution in [-0.4, -0.2) is 56.2 Å². The SMILES string of the molecule is O=C(O)N1CC[C@@H](N2Cc3ccc(-c4nnc(C(F)F)o4)cc3C2=O)[C@@H](c2ccccc2)C1. The van der Waals surface area contributed by atoms with Crippen LogP contribution in [0.3, 0.4) is 0 Å². The zero-order valence-electron chi connectivity index (χ0n) is 17.4. The number of carbonyl (C=O) groups is 2. The molecule has 8 nitrogen and oxygen atoms in total. The summed E-state index contributed by atoms with van der Waals surface area (Å²) in [5.74, 6) is -1.20. The molecule has 1 saturated heterocycles. The number of amides is 2. The van der Waals surface area contributed by atoms with Crippen LogP contribution in [0.15, 0.2) is 52.9 Å². The fourth-order valence-electron chi connectivity index (χ4n) is 4.68. The molecule has 3 heterocycles. The lowest BCUT2D eigenvalue weighted by Gasteiger charge is -2.42. The van der Waals surface area contributed by atoms with Crippen molar-refractivity contribution in [2.75, 3.05) is 13.1 Å². The first kappa shape index (κ1) is 21.0. The molecule has 2 amide bonds. The van der Waals surface area contributed by atoms with E-state index in [0.29, 0.717) is 37.2 Å². The first-order valence-corrected chi connectivity index (χ1v) is 10.5. The normalized spacial score (nSPS) is 20.4. The molecule has 0 spiro atoms. The molecule has 1 aromatic heterocycles. The first-order chi connectivity index (χ1) is 15.9. The number of hydrogen-bond acceptors (Lipinski definition) is 5. The van der Waals surface area contributed by atoms with Gasteiger partial charge in [0, 0.05) is 42.7 Å². The number of halogens is 2. The van der Waals surface area contributed by atoms with Crippen LogP contribution in [0.4, 0.5) is 13.6 Å². The van der Waals surface area contributed by atoms with E-state index in [2.05, 4.69) is 10.2 Å². The fourth-order valence-corrected chi connectivity index (χ4v) is 4.68. The molecule has 2 aromatic carbocycles. The predicted molar refractivity (Wildman–Crippen MR) is 112 cm³/mol. The van der Waals surface area contributed by atoms with E-state index in [1.54, 1.807) is 23.1 Å². The van der Waals surface area contributed by atoms with Crippen LogP contribution in [0.1, 0.15) is 46.1 Å². The van der Waals surface area contributed by atoms with Crippen LogP contribution in [0.5, 0.6) is 0 Å². The Morgan fingerprint density at radius 3 is 2.64 bits per heavy atom. The number of benzene rings is 2. The van der Waals surface area contributed by atoms with Crippen molar-refractivity contribution in [3.63, 3.8) is 0 Å². The third-order valence-corrected chi connectivity index (χ3v) is 6.29. The molecule has 0 unspecified atom stereocenters. The number of rotatable bonds is 4. The molecule has 2 aliphatic rings. The number of carboxylic acid groups (broad SMARTS) is 1. The molecule has 2 atom stereocenters. The van der Waals surface area contributed by atoms with Crippen molar-refractivity contribution in [3.05, 3.63) is 71.1 Å². The van der Waals surface area contributed by atoms with Gasteiger partial charge in [0.05, 0.1) is 0 Å². The third-order valence-electron chi connectivity index (χ3n) is 6.29. The third kappa shape index (κ3) is 3.81. The topological polar surface area (TPSA) is 99.8 Å². The summed E-state index contributed by atoms with van der Waals surface area (Å²) in [6.07, 6.45) is -3.33. The Hall–Kier alpha value is -3.82. The molecule has 5 rings (SSSR count). The summed E-state index contributed by atoms with van der Waals surface area (Å²) in [7, 11) is 0. The van der Waals surface area contributed by atoms with E-state index < -0.39 is 18.4 Å². The lowest BCUT2D eigenvalue weighted by molar-refractivity contribution is 0.0539. The van der Waals surface area contributed by atoms with Crippen molar-refractivity contribution < 1.29 is 27.9 Å². The average Bonchev–Trinajstić information content (AvgIpc) is 3.44. The Labute approximate surface area is 187 Å². The molecule has 0 bridgehead atoms. The van der Waals surface area contributed by atoms with Gasteiger partial charge in [-0.15, -0.1) is 10.2 Å². The Bertz CT molecular complexity index is 1200. The zero-order chi connectivity index (χ0) is 23.1. The minimum absolute atomic E-state index is 0.0729. The molecule has 2 aliphatic heterocycles. The Morgan fingerprint density at radius 1 is 1.15 bits per heavy atom. The summed E-state index contributed by atoms with van der Waals surface area (Å²) < 4.78 is 30.6. The van der Waals surface area contributed by atoms with Gasteiger partial charge < -0.3 is 19.3 Å². The molecule has 1 fully saturated rings. The minimum atomic E-state index is -2.87. The van der Waals surface area contributed by atoms with Crippen molar-refractivity contribution in [1.82, 2.24) is 20.0 Å². The summed E-state index contributed by atoms with van der Waals surface area (Å²) in [5.41, 5.74) is 2.63. The van der Waals surface area contributed by atoms with Gasteiger partial charge in [-0.3, -0.25) is 4.79 Å². The number of likely N-dealkylation sites (tertiary alicyclic amines) is 1. The Kier molecular flexibility index (Phi) is 5.27. The highest BCUT2D eigenvalue weighted by molar-refractivity contribution is 5.99. The number of fused-ring (bicyclic) bond motifs is 1. The second-order valence-electron chi connectivity index (χ2n) is 8.15. The van der Waals surface area contributed by atoms with Crippen molar-refractivity contribution in [3.8, 4) is 11.5 Å². The summed E-state index contributed by atoms with van der Waals surface area (Å²) in [6, 6.07) is 14.4. The lowest BCUT2D eigenvalue weighted by Crippen LogP contribution is -2.51. The average molecular weight is 454 g/mol. The van der Waals surface area contributed by atoms with Gasteiger partial charge in [-0.2, -0.15) is 8.78 Å². The Balaban J connectivity index is 1.43. The zero-order valence-corrected chi connectivity index (χ0v) is 17.4. The van der Waals surface area contributed by atoms with Gasteiger partial charge in [0.1, 0.15) is 0 Å². The number of piperidine rings is 1. The summed E-state index contributed by atoms with van der Waals surface area (Å²) in [5, 5.41) is 16.5. The van der Waals surface area contributed by atoms with E-state index >= 15 is 0 Å². The minimum Gasteiger partial charge on any atom is -0.465 e. The van der Waals surface area contributed by atoms with E-state index in [1.165, 1.54) is 4.90 Å². The van der Waals surface area contributed by atoms with E-state index in [4.69, 9.17) is 4.42 Å². The summed E-state index contributed by atoms with van der Waals surface area (Å²) in [6.45, 7) is 1.03. The van der Waals surface area contributed by atoms with E-state index in [-0.39, 0.29) is 23.8 Å². The standard InChI is InChI=1S/C23H20F2N4O4/c24-19(25)21-27-26-20(33-21)14-6-7-15-11-29(22(30)16(15)10-14)18-8-9-28(23(31)32)12-17(18)13-4-2-1-3-5-13/h1-7,10,17-19H,8-9,11-12H2,(H,31,32)/t17-,18-/m1/s1. The smallest absolute Gasteiger partial charge is 0.407 e. The van der Waals surface area contributed by atoms with Crippen LogP contribution in [0.25, 0.3) is 11.5 Å². The van der Waals surface area contributed by atoms with Crippen molar-refractivity contribution >= 4 is 12.0 Å². The van der Waals surface area contributed by atoms with Gasteiger partial charge in [-0.05, 0) is 29.7 Å². The van der Waals surface area contributed by atoms with E-state index in [1.807, 2.05) is 30.3 Å². The van der Waals surface area contributed by atoms with Gasteiger partial charge in [0.25, 0.3) is 11.8 Å². The molecule has 0 radical (unpaired) electrons. The molecule has 3 aromatic rings. The first-order valence-electron chi connectivity index (χ1n) is 10.5. The highest BCUT2D eigenvalue weighted by Gasteiger charge is 2.41. The predicted octanol–water partition coefficient (Wildman–Crippen LogP) is 4.17. The maximum atomic E-state index is 13.4. The molecule has 170 valence electrons. The maximum absolute atomic E-state index is 13.4. The molecule has 0 aliphatic carbocycles. The van der Waals surface area contributed by atoms with E-state index in [9.17, 15) is 23.5 Å². The number of nitrogens with zero attached hydrogens (tertiary/aromatic N) is 4. The molecule has 10 heteroatoms. The van der Waals surface area contributed by atoms with E-state index in [0.717, 1.165) is 11.1 Å². The monoisotopic (exact) mass is 454 g/mol. The molecule has 0 saturated carbocycles. The molecular formula is C23H20F2N4O4. The van der Waals surface area contributed by atoms with Gasteiger partial charge in [-0.25, -0.2) is 4.79 Å². The fraction of sp³-hybridized carbons (Fsp3) is 0.304. The lowest BCUT2D eigenvalue weighted by atomic mass is 9.85. The van der Waals surface area contributed by atoms with Gasteiger partial charge in [0.15, 0.2) is 0 Å². The molecular weight excluding hydrogens is 434 g/mol. The van der Waals surface area contributed by atoms with Crippen molar-refractivity contribution in [1.29, 1.82) is 0 Å². The van der Waals surface area contributed by atoms with Crippen LogP contribution < -0.4 is 0 Å². The van der Waals surface area contributed by atoms with Gasteiger partial charge >= 0.3 is 12.5 Å². The maximum Gasteiger partial charge on any atom is 0.407 e. The summed E-state index contributed by atoms with van der Waals surface area (Å²) in [4.78, 5) is 28.2. The number of carbonyl (C=O) groups excluding carboxylic acids is 1. The Morgan fingerprint density at radius 2 is 1.94 bits per heavy atom. The van der Waals surface area contributed by atoms with Crippen LogP contribution in [-0.2, 0) is 6.54 Å². The summed E-state index contributed by atoms with van der Waals surface area (Å²) >= 11 is 0. The highest BCUT2D eigenvalue weighted by Crippen LogP contribution is 2.37. The largest absolute Gasteiger partial charge is 0.465 e. The van der Waals surface area contributed by atoms with Crippen LogP contribution >= 0.6 is 0 Å². The molecule has 1 N–H and O–H groups in total. The second kappa shape index (κ2) is 8.27. The quantitative estimate of drug-likeness (QED) is 0.635. The number of aromatic nitrogens is 2. The van der Waals surface area contributed by atoms with Crippen LogP contribution in [0, 0.1) is 0 Å². The van der Waals surface area contributed by atoms with Gasteiger partial charge in [0.2, 0.25) is 5.89 Å². The second-order valence-corrected chi connectivity index (χ2v) is 8.15. The van der Waals surface area contributed by atoms with Gasteiger partial charge in [-0.1, -0.05) is 36.4 Å². The highest BCUT2D eigenvalue weighted by atomic mass is 19.3. The van der Waals surface area contributed by atoms with Crippen molar-refractivity contribution in [2.24, 2.45) is 0 Å². The number of alkyl halides is 2.